The Labute approximate surface area is 209 Å². The van der Waals surface area contributed by atoms with Crippen LogP contribution < -0.4 is 14.2 Å². The van der Waals surface area contributed by atoms with Crippen molar-refractivity contribution in [2.24, 2.45) is 4.99 Å². The molecule has 10 nitrogen and oxygen atoms in total. The second-order valence-corrected chi connectivity index (χ2v) is 7.72. The molecule has 0 aromatic heterocycles. The van der Waals surface area contributed by atoms with E-state index in [4.69, 9.17) is 30.5 Å². The summed E-state index contributed by atoms with van der Waals surface area (Å²) < 4.78 is 21.3. The van der Waals surface area contributed by atoms with Crippen LogP contribution in [0, 0.1) is 10.1 Å². The summed E-state index contributed by atoms with van der Waals surface area (Å²) in [6, 6.07) is 14.5. The number of cyclic esters (lactones) is 1. The summed E-state index contributed by atoms with van der Waals surface area (Å²) >= 11 is 6.06. The van der Waals surface area contributed by atoms with Gasteiger partial charge in [0.25, 0.3) is 5.69 Å². The minimum atomic E-state index is -0.724. The molecule has 0 bridgehead atoms. The number of benzene rings is 3. The molecule has 0 amide bonds. The third-order valence-corrected chi connectivity index (χ3v) is 5.26. The number of nitro groups is 1. The van der Waals surface area contributed by atoms with Gasteiger partial charge in [0, 0.05) is 17.2 Å². The number of ether oxygens (including phenoxy) is 4. The second-order valence-electron chi connectivity index (χ2n) is 7.28. The maximum absolute atomic E-state index is 12.5. The van der Waals surface area contributed by atoms with E-state index in [9.17, 15) is 19.7 Å². The zero-order chi connectivity index (χ0) is 25.8. The van der Waals surface area contributed by atoms with Crippen LogP contribution in [-0.4, -0.2) is 37.0 Å². The number of carbonyl (C=O) groups excluding carboxylic acids is 2. The molecule has 0 radical (unpaired) electrons. The Morgan fingerprint density at radius 1 is 1.00 bits per heavy atom. The van der Waals surface area contributed by atoms with Crippen molar-refractivity contribution in [2.75, 3.05) is 14.2 Å². The van der Waals surface area contributed by atoms with Crippen LogP contribution in [0.25, 0.3) is 6.08 Å². The second kappa shape index (κ2) is 10.3. The predicted molar refractivity (Wildman–Crippen MR) is 130 cm³/mol. The summed E-state index contributed by atoms with van der Waals surface area (Å²) in [5.41, 5.74) is 0.960. The molecule has 0 saturated heterocycles. The van der Waals surface area contributed by atoms with Crippen molar-refractivity contribution in [3.05, 3.63) is 98.2 Å². The fraction of sp³-hybridized carbons (Fsp3) is 0.0800. The maximum atomic E-state index is 12.5. The maximum Gasteiger partial charge on any atom is 0.363 e. The first-order valence-electron chi connectivity index (χ1n) is 10.3. The molecule has 4 rings (SSSR count). The van der Waals surface area contributed by atoms with Gasteiger partial charge in [-0.1, -0.05) is 17.7 Å². The van der Waals surface area contributed by atoms with Gasteiger partial charge in [0.15, 0.2) is 17.2 Å². The van der Waals surface area contributed by atoms with Crippen molar-refractivity contribution in [2.45, 2.75) is 0 Å². The molecule has 0 saturated carbocycles. The van der Waals surface area contributed by atoms with Crippen LogP contribution in [0.4, 0.5) is 5.69 Å². The van der Waals surface area contributed by atoms with Gasteiger partial charge in [0.1, 0.15) is 5.75 Å². The number of methoxy groups -OCH3 is 2. The number of hydrogen-bond acceptors (Lipinski definition) is 9. The number of aliphatic imine (C=N–C) groups is 1. The lowest BCUT2D eigenvalue weighted by molar-refractivity contribution is -0.384. The molecule has 1 aliphatic heterocycles. The Balaban J connectivity index is 1.57. The number of nitrogens with zero attached hydrogens (tertiary/aromatic N) is 2. The van der Waals surface area contributed by atoms with Crippen molar-refractivity contribution in [3.63, 3.8) is 0 Å². The van der Waals surface area contributed by atoms with E-state index in [2.05, 4.69) is 4.99 Å². The third-order valence-electron chi connectivity index (χ3n) is 5.02. The van der Waals surface area contributed by atoms with Gasteiger partial charge in [0.2, 0.25) is 5.90 Å². The number of nitro benzene ring substituents is 1. The summed E-state index contributed by atoms with van der Waals surface area (Å²) in [5.74, 6) is -0.575. The van der Waals surface area contributed by atoms with Gasteiger partial charge in [-0.3, -0.25) is 10.1 Å². The molecule has 0 fully saturated rings. The lowest BCUT2D eigenvalue weighted by atomic mass is 10.1. The van der Waals surface area contributed by atoms with Crippen molar-refractivity contribution in [3.8, 4) is 17.2 Å². The van der Waals surface area contributed by atoms with E-state index in [-0.39, 0.29) is 34.3 Å². The Hall–Kier alpha value is -4.70. The first-order valence-corrected chi connectivity index (χ1v) is 10.7. The SMILES string of the molecule is COc1cc(/C=C2\N=C(c3cc(Cl)ccc3OC)OC2=O)ccc1OC(=O)c1ccc([N+](=O)[O-])cc1. The van der Waals surface area contributed by atoms with Crippen LogP contribution in [0.5, 0.6) is 17.2 Å². The Kier molecular flexibility index (Phi) is 6.98. The minimum Gasteiger partial charge on any atom is -0.496 e. The molecule has 3 aromatic rings. The number of non-ortho nitro benzene ring substituents is 1. The quantitative estimate of drug-likeness (QED) is 0.146. The van der Waals surface area contributed by atoms with Crippen LogP contribution in [0.2, 0.25) is 5.02 Å². The van der Waals surface area contributed by atoms with Crippen molar-refractivity contribution in [1.82, 2.24) is 0 Å². The standard InChI is InChI=1S/C25H17ClN2O8/c1-33-20-10-6-16(26)13-18(20)23-27-19(25(30)36-23)11-14-3-9-21(22(12-14)34-2)35-24(29)15-4-7-17(8-5-15)28(31)32/h3-13H,1-2H3/b19-11-. The number of carbonyl (C=O) groups is 2. The number of esters is 2. The average molecular weight is 509 g/mol. The van der Waals surface area contributed by atoms with Crippen molar-refractivity contribution < 1.29 is 33.5 Å². The minimum absolute atomic E-state index is 0.0321. The number of rotatable bonds is 7. The first kappa shape index (κ1) is 24.4. The molecule has 1 aliphatic rings. The Morgan fingerprint density at radius 3 is 2.36 bits per heavy atom. The summed E-state index contributed by atoms with van der Waals surface area (Å²) in [6.45, 7) is 0. The molecular formula is C25H17ClN2O8. The van der Waals surface area contributed by atoms with Crippen LogP contribution in [-0.2, 0) is 9.53 Å². The summed E-state index contributed by atoms with van der Waals surface area (Å²) in [7, 11) is 2.87. The van der Waals surface area contributed by atoms with E-state index in [1.807, 2.05) is 0 Å². The molecule has 36 heavy (non-hydrogen) atoms. The van der Waals surface area contributed by atoms with Crippen LogP contribution in [0.3, 0.4) is 0 Å². The molecule has 0 aliphatic carbocycles. The average Bonchev–Trinajstić information content (AvgIpc) is 3.24. The first-order chi connectivity index (χ1) is 17.3. The molecule has 1 heterocycles. The summed E-state index contributed by atoms with van der Waals surface area (Å²) in [4.78, 5) is 39.4. The normalized spacial score (nSPS) is 13.7. The molecule has 11 heteroatoms. The summed E-state index contributed by atoms with van der Waals surface area (Å²) in [5, 5.41) is 11.2. The topological polar surface area (TPSA) is 127 Å². The smallest absolute Gasteiger partial charge is 0.363 e. The molecule has 0 spiro atoms. The number of halogens is 1. The van der Waals surface area contributed by atoms with Gasteiger partial charge in [-0.15, -0.1) is 0 Å². The van der Waals surface area contributed by atoms with E-state index >= 15 is 0 Å². The monoisotopic (exact) mass is 508 g/mol. The Morgan fingerprint density at radius 2 is 1.69 bits per heavy atom. The van der Waals surface area contributed by atoms with E-state index in [0.717, 1.165) is 0 Å². The lowest BCUT2D eigenvalue weighted by Gasteiger charge is -2.10. The van der Waals surface area contributed by atoms with Gasteiger partial charge in [-0.2, -0.15) is 0 Å². The van der Waals surface area contributed by atoms with E-state index in [1.54, 1.807) is 30.3 Å². The summed E-state index contributed by atoms with van der Waals surface area (Å²) in [6.07, 6.45) is 1.48. The van der Waals surface area contributed by atoms with Crippen LogP contribution in [0.15, 0.2) is 71.4 Å². The number of hydrogen-bond donors (Lipinski definition) is 0. The van der Waals surface area contributed by atoms with Crippen molar-refractivity contribution >= 4 is 41.2 Å². The highest BCUT2D eigenvalue weighted by atomic mass is 35.5. The largest absolute Gasteiger partial charge is 0.496 e. The Bertz CT molecular complexity index is 1430. The predicted octanol–water partition coefficient (Wildman–Crippen LogP) is 4.83. The van der Waals surface area contributed by atoms with Crippen LogP contribution >= 0.6 is 11.6 Å². The van der Waals surface area contributed by atoms with E-state index in [0.29, 0.717) is 21.9 Å². The van der Waals surface area contributed by atoms with Crippen LogP contribution in [0.1, 0.15) is 21.5 Å². The third kappa shape index (κ3) is 5.18. The van der Waals surface area contributed by atoms with Gasteiger partial charge in [-0.05, 0) is 54.1 Å². The molecule has 0 atom stereocenters. The zero-order valence-corrected chi connectivity index (χ0v) is 19.6. The lowest BCUT2D eigenvalue weighted by Crippen LogP contribution is -2.09. The molecule has 0 unspecified atom stereocenters. The zero-order valence-electron chi connectivity index (χ0n) is 18.9. The molecular weight excluding hydrogens is 492 g/mol. The van der Waals surface area contributed by atoms with Crippen molar-refractivity contribution in [1.29, 1.82) is 0 Å². The highest BCUT2D eigenvalue weighted by molar-refractivity contribution is 6.31. The van der Waals surface area contributed by atoms with E-state index < -0.39 is 16.9 Å². The van der Waals surface area contributed by atoms with E-state index in [1.165, 1.54) is 50.6 Å². The fourth-order valence-corrected chi connectivity index (χ4v) is 3.44. The molecule has 0 N–H and O–H groups in total. The van der Waals surface area contributed by atoms with Gasteiger partial charge >= 0.3 is 11.9 Å². The van der Waals surface area contributed by atoms with Gasteiger partial charge < -0.3 is 18.9 Å². The fourth-order valence-electron chi connectivity index (χ4n) is 3.27. The molecule has 3 aromatic carbocycles. The highest BCUT2D eigenvalue weighted by Crippen LogP contribution is 2.32. The highest BCUT2D eigenvalue weighted by Gasteiger charge is 2.27. The van der Waals surface area contributed by atoms with Gasteiger partial charge in [-0.25, -0.2) is 14.6 Å². The molecule has 182 valence electrons. The van der Waals surface area contributed by atoms with Gasteiger partial charge in [0.05, 0.1) is 30.3 Å².